The quantitative estimate of drug-likeness (QED) is 0.900. The van der Waals surface area contributed by atoms with Gasteiger partial charge in [0.2, 0.25) is 0 Å². The molecule has 2 N–H and O–H groups in total. The fourth-order valence-corrected chi connectivity index (χ4v) is 2.69. The number of rotatable bonds is 3. The van der Waals surface area contributed by atoms with Gasteiger partial charge in [-0.1, -0.05) is 6.07 Å². The van der Waals surface area contributed by atoms with E-state index in [-0.39, 0.29) is 5.75 Å². The summed E-state index contributed by atoms with van der Waals surface area (Å²) in [7, 11) is 0. The first kappa shape index (κ1) is 13.1. The second-order valence-corrected chi connectivity index (χ2v) is 5.36. The molecule has 20 heavy (non-hydrogen) atoms. The van der Waals surface area contributed by atoms with E-state index < -0.39 is 0 Å². The summed E-state index contributed by atoms with van der Waals surface area (Å²) in [6.07, 6.45) is 0. The average molecular weight is 336 g/mol. The molecule has 0 amide bonds. The molecule has 0 fully saturated rings. The lowest BCUT2D eigenvalue weighted by atomic mass is 10.2. The lowest BCUT2D eigenvalue weighted by Crippen LogP contribution is -2.16. The van der Waals surface area contributed by atoms with E-state index in [9.17, 15) is 5.11 Å². The van der Waals surface area contributed by atoms with Crippen molar-refractivity contribution in [2.24, 2.45) is 0 Å². The molecular formula is C15H14BrNO3. The Morgan fingerprint density at radius 2 is 2.00 bits per heavy atom. The minimum Gasteiger partial charge on any atom is -0.508 e. The first-order valence-electron chi connectivity index (χ1n) is 6.33. The summed E-state index contributed by atoms with van der Waals surface area (Å²) < 4.78 is 12.0. The van der Waals surface area contributed by atoms with Crippen LogP contribution < -0.4 is 14.8 Å². The van der Waals surface area contributed by atoms with Crippen LogP contribution in [0.5, 0.6) is 17.2 Å². The molecule has 0 saturated carbocycles. The molecule has 1 aliphatic rings. The molecule has 0 bridgehead atoms. The van der Waals surface area contributed by atoms with Gasteiger partial charge in [-0.05, 0) is 45.8 Å². The van der Waals surface area contributed by atoms with E-state index in [2.05, 4.69) is 21.2 Å². The Balaban J connectivity index is 1.76. The minimum atomic E-state index is 0.248. The molecule has 0 saturated heterocycles. The maximum absolute atomic E-state index is 9.43. The Bertz CT molecular complexity index is 631. The number of ether oxygens (including phenoxy) is 2. The van der Waals surface area contributed by atoms with Gasteiger partial charge in [0.15, 0.2) is 11.5 Å². The van der Waals surface area contributed by atoms with Gasteiger partial charge in [0, 0.05) is 18.3 Å². The number of nitrogens with one attached hydrogen (secondary N) is 1. The van der Waals surface area contributed by atoms with Crippen molar-refractivity contribution >= 4 is 21.6 Å². The van der Waals surface area contributed by atoms with E-state index in [0.29, 0.717) is 19.8 Å². The SMILES string of the molecule is Oc1cccc(NCc2cc(Br)c3c(c2)OCCO3)c1. The summed E-state index contributed by atoms with van der Waals surface area (Å²) in [5, 5.41) is 12.7. The van der Waals surface area contributed by atoms with Crippen LogP contribution in [0.3, 0.4) is 0 Å². The Kier molecular flexibility index (Phi) is 3.69. The molecule has 104 valence electrons. The van der Waals surface area contributed by atoms with Crippen LogP contribution in [0, 0.1) is 0 Å². The maximum Gasteiger partial charge on any atom is 0.175 e. The van der Waals surface area contributed by atoms with Gasteiger partial charge in [-0.2, -0.15) is 0 Å². The van der Waals surface area contributed by atoms with Gasteiger partial charge in [0.1, 0.15) is 19.0 Å². The number of phenolic OH excluding ortho intramolecular Hbond substituents is 1. The normalized spacial score (nSPS) is 13.1. The molecule has 0 spiro atoms. The molecule has 3 rings (SSSR count). The van der Waals surface area contributed by atoms with Crippen LogP contribution in [-0.4, -0.2) is 18.3 Å². The van der Waals surface area contributed by atoms with Crippen molar-refractivity contribution in [3.05, 3.63) is 46.4 Å². The number of halogens is 1. The first-order valence-corrected chi connectivity index (χ1v) is 7.12. The van der Waals surface area contributed by atoms with Gasteiger partial charge < -0.3 is 19.9 Å². The summed E-state index contributed by atoms with van der Waals surface area (Å²) in [6, 6.07) is 11.0. The maximum atomic E-state index is 9.43. The highest BCUT2D eigenvalue weighted by molar-refractivity contribution is 9.10. The van der Waals surface area contributed by atoms with Gasteiger partial charge in [-0.15, -0.1) is 0 Å². The van der Waals surface area contributed by atoms with E-state index in [0.717, 1.165) is 27.2 Å². The Labute approximate surface area is 125 Å². The third-order valence-electron chi connectivity index (χ3n) is 3.00. The second-order valence-electron chi connectivity index (χ2n) is 4.51. The number of fused-ring (bicyclic) bond motifs is 1. The van der Waals surface area contributed by atoms with Crippen molar-refractivity contribution in [2.75, 3.05) is 18.5 Å². The molecule has 4 nitrogen and oxygen atoms in total. The van der Waals surface area contributed by atoms with Crippen LogP contribution in [0.1, 0.15) is 5.56 Å². The number of benzene rings is 2. The molecule has 2 aromatic carbocycles. The van der Waals surface area contributed by atoms with E-state index in [4.69, 9.17) is 9.47 Å². The first-order chi connectivity index (χ1) is 9.72. The highest BCUT2D eigenvalue weighted by atomic mass is 79.9. The van der Waals surface area contributed by atoms with Crippen LogP contribution in [0.2, 0.25) is 0 Å². The topological polar surface area (TPSA) is 50.7 Å². The highest BCUT2D eigenvalue weighted by Crippen LogP contribution is 2.38. The average Bonchev–Trinajstić information content (AvgIpc) is 2.45. The standard InChI is InChI=1S/C15H14BrNO3/c16-13-6-10(7-14-15(13)20-5-4-19-14)9-17-11-2-1-3-12(18)8-11/h1-3,6-8,17-18H,4-5,9H2. The zero-order valence-electron chi connectivity index (χ0n) is 10.7. The Morgan fingerprint density at radius 1 is 1.15 bits per heavy atom. The lowest BCUT2D eigenvalue weighted by molar-refractivity contribution is 0.170. The second kappa shape index (κ2) is 5.63. The molecule has 0 aliphatic carbocycles. The van der Waals surface area contributed by atoms with E-state index in [1.54, 1.807) is 18.2 Å². The zero-order valence-corrected chi connectivity index (χ0v) is 12.3. The molecule has 1 heterocycles. The predicted molar refractivity (Wildman–Crippen MR) is 80.6 cm³/mol. The minimum absolute atomic E-state index is 0.248. The van der Waals surface area contributed by atoms with Crippen molar-refractivity contribution in [3.8, 4) is 17.2 Å². The van der Waals surface area contributed by atoms with Crippen molar-refractivity contribution in [2.45, 2.75) is 6.54 Å². The molecule has 0 aromatic heterocycles. The Hall–Kier alpha value is -1.88. The molecule has 5 heteroatoms. The number of aromatic hydroxyl groups is 1. The van der Waals surface area contributed by atoms with Gasteiger partial charge in [-0.3, -0.25) is 0 Å². The summed E-state index contributed by atoms with van der Waals surface area (Å²) >= 11 is 3.50. The third-order valence-corrected chi connectivity index (χ3v) is 3.59. The van der Waals surface area contributed by atoms with Crippen molar-refractivity contribution in [3.63, 3.8) is 0 Å². The number of anilines is 1. The number of hydrogen-bond donors (Lipinski definition) is 2. The monoisotopic (exact) mass is 335 g/mol. The van der Waals surface area contributed by atoms with Crippen LogP contribution in [0.25, 0.3) is 0 Å². The number of phenols is 1. The summed E-state index contributed by atoms with van der Waals surface area (Å²) in [6.45, 7) is 1.79. The van der Waals surface area contributed by atoms with Crippen molar-refractivity contribution in [1.82, 2.24) is 0 Å². The smallest absolute Gasteiger partial charge is 0.175 e. The van der Waals surface area contributed by atoms with E-state index in [1.165, 1.54) is 0 Å². The molecule has 0 unspecified atom stereocenters. The van der Waals surface area contributed by atoms with Crippen LogP contribution in [0.4, 0.5) is 5.69 Å². The van der Waals surface area contributed by atoms with E-state index in [1.807, 2.05) is 18.2 Å². The fourth-order valence-electron chi connectivity index (χ4n) is 2.09. The highest BCUT2D eigenvalue weighted by Gasteiger charge is 2.16. The molecule has 0 radical (unpaired) electrons. The predicted octanol–water partition coefficient (Wildman–Crippen LogP) is 3.54. The molecular weight excluding hydrogens is 322 g/mol. The van der Waals surface area contributed by atoms with Crippen molar-refractivity contribution in [1.29, 1.82) is 0 Å². The molecule has 0 atom stereocenters. The van der Waals surface area contributed by atoms with Gasteiger partial charge in [0.25, 0.3) is 0 Å². The fraction of sp³-hybridized carbons (Fsp3) is 0.200. The zero-order chi connectivity index (χ0) is 13.9. The van der Waals surface area contributed by atoms with Crippen LogP contribution >= 0.6 is 15.9 Å². The van der Waals surface area contributed by atoms with E-state index >= 15 is 0 Å². The lowest BCUT2D eigenvalue weighted by Gasteiger charge is -2.20. The number of hydrogen-bond acceptors (Lipinski definition) is 4. The summed E-state index contributed by atoms with van der Waals surface area (Å²) in [4.78, 5) is 0. The summed E-state index contributed by atoms with van der Waals surface area (Å²) in [5.74, 6) is 1.77. The largest absolute Gasteiger partial charge is 0.508 e. The molecule has 1 aliphatic heterocycles. The van der Waals surface area contributed by atoms with Crippen LogP contribution in [-0.2, 0) is 6.54 Å². The van der Waals surface area contributed by atoms with Gasteiger partial charge in [-0.25, -0.2) is 0 Å². The van der Waals surface area contributed by atoms with Crippen LogP contribution in [0.15, 0.2) is 40.9 Å². The summed E-state index contributed by atoms with van der Waals surface area (Å²) in [5.41, 5.74) is 1.94. The molecule has 2 aromatic rings. The van der Waals surface area contributed by atoms with Crippen molar-refractivity contribution < 1.29 is 14.6 Å². The third kappa shape index (κ3) is 2.82. The Morgan fingerprint density at radius 3 is 2.85 bits per heavy atom. The van der Waals surface area contributed by atoms with Gasteiger partial charge in [0.05, 0.1) is 4.47 Å². The van der Waals surface area contributed by atoms with Gasteiger partial charge >= 0.3 is 0 Å².